The average molecular weight is 394 g/mol. The Morgan fingerprint density at radius 3 is 2.78 bits per heavy atom. The number of carbonyl (C=O) groups is 1. The third kappa shape index (κ3) is 2.68. The van der Waals surface area contributed by atoms with Crippen molar-refractivity contribution < 1.29 is 22.7 Å². The van der Waals surface area contributed by atoms with Gasteiger partial charge in [-0.05, 0) is 36.1 Å². The molecule has 1 spiro atoms. The number of nitrogens with zero attached hydrogens (tertiary/aromatic N) is 2. The molecular weight excluding hydrogens is 368 g/mol. The Morgan fingerprint density at radius 1 is 1.30 bits per heavy atom. The van der Waals surface area contributed by atoms with Crippen LogP contribution in [0.4, 0.5) is 0 Å². The fourth-order valence-corrected chi connectivity index (χ4v) is 6.35. The first-order chi connectivity index (χ1) is 12.8. The Balaban J connectivity index is 1.71. The highest BCUT2D eigenvalue weighted by Crippen LogP contribution is 2.47. The summed E-state index contributed by atoms with van der Waals surface area (Å²) in [6.07, 6.45) is 1.51. The highest BCUT2D eigenvalue weighted by atomic mass is 32.2. The molecule has 0 N–H and O–H groups in total. The van der Waals surface area contributed by atoms with Crippen molar-refractivity contribution in [2.24, 2.45) is 0 Å². The third-order valence-electron chi connectivity index (χ3n) is 5.99. The van der Waals surface area contributed by atoms with E-state index in [4.69, 9.17) is 9.47 Å². The molecule has 3 heterocycles. The molecule has 0 aromatic heterocycles. The van der Waals surface area contributed by atoms with Crippen molar-refractivity contribution in [1.29, 1.82) is 0 Å². The van der Waals surface area contributed by atoms with E-state index in [1.165, 1.54) is 4.31 Å². The first-order valence-corrected chi connectivity index (χ1v) is 10.9. The lowest BCUT2D eigenvalue weighted by molar-refractivity contribution is -0.178. The van der Waals surface area contributed by atoms with Crippen molar-refractivity contribution in [1.82, 2.24) is 9.21 Å². The van der Waals surface area contributed by atoms with Crippen molar-refractivity contribution in [3.63, 3.8) is 0 Å². The summed E-state index contributed by atoms with van der Waals surface area (Å²) in [7, 11) is -2.15. The number of carbonyl (C=O) groups excluding carboxylic acids is 1. The molecule has 4 rings (SSSR count). The van der Waals surface area contributed by atoms with E-state index in [2.05, 4.69) is 0 Å². The van der Waals surface area contributed by atoms with Gasteiger partial charge >= 0.3 is 0 Å². The zero-order valence-corrected chi connectivity index (χ0v) is 16.8. The van der Waals surface area contributed by atoms with Crippen molar-refractivity contribution in [3.8, 4) is 5.75 Å². The minimum atomic E-state index is -3.73. The van der Waals surface area contributed by atoms with E-state index in [-0.39, 0.29) is 23.1 Å². The van der Waals surface area contributed by atoms with Crippen molar-refractivity contribution in [2.45, 2.75) is 55.7 Å². The maximum Gasteiger partial charge on any atom is 0.243 e. The standard InChI is InChI=1S/C19H26N2O5S/c1-13(2)15-11-14(5-6-16(15)25-3)27(23,24)21-9-7-19-17(21)12-18(22)20(19)8-4-10-26-19/h5-6,11,13,17H,4,7-10,12H2,1-3H3/t17-,19+/m1/s1. The third-order valence-corrected chi connectivity index (χ3v) is 7.90. The average Bonchev–Trinajstić information content (AvgIpc) is 3.13. The molecule has 1 amide bonds. The lowest BCUT2D eigenvalue weighted by atomic mass is 10.0. The zero-order chi connectivity index (χ0) is 19.4. The van der Waals surface area contributed by atoms with Gasteiger partial charge in [0.05, 0.1) is 24.7 Å². The monoisotopic (exact) mass is 394 g/mol. The molecule has 7 nitrogen and oxygen atoms in total. The van der Waals surface area contributed by atoms with Gasteiger partial charge in [-0.25, -0.2) is 8.42 Å². The Bertz CT molecular complexity index is 869. The first kappa shape index (κ1) is 18.7. The van der Waals surface area contributed by atoms with E-state index in [0.29, 0.717) is 31.9 Å². The summed E-state index contributed by atoms with van der Waals surface area (Å²) in [5.41, 5.74) is 0.0703. The Kier molecular flexibility index (Phi) is 4.48. The Morgan fingerprint density at radius 2 is 2.07 bits per heavy atom. The van der Waals surface area contributed by atoms with E-state index >= 15 is 0 Å². The minimum absolute atomic E-state index is 0.0165. The fourth-order valence-electron chi connectivity index (χ4n) is 4.66. The van der Waals surface area contributed by atoms with Crippen LogP contribution >= 0.6 is 0 Å². The number of hydrogen-bond acceptors (Lipinski definition) is 5. The van der Waals surface area contributed by atoms with Gasteiger partial charge in [0.2, 0.25) is 15.9 Å². The van der Waals surface area contributed by atoms with Gasteiger partial charge in [0.1, 0.15) is 5.75 Å². The van der Waals surface area contributed by atoms with Crippen LogP contribution in [0.2, 0.25) is 0 Å². The zero-order valence-electron chi connectivity index (χ0n) is 16.0. The van der Waals surface area contributed by atoms with Gasteiger partial charge in [0.15, 0.2) is 5.72 Å². The summed E-state index contributed by atoms with van der Waals surface area (Å²) < 4.78 is 39.7. The van der Waals surface area contributed by atoms with Gasteiger partial charge in [-0.1, -0.05) is 13.8 Å². The van der Waals surface area contributed by atoms with Gasteiger partial charge in [-0.15, -0.1) is 0 Å². The molecule has 3 aliphatic heterocycles. The summed E-state index contributed by atoms with van der Waals surface area (Å²) in [5, 5.41) is 0. The highest BCUT2D eigenvalue weighted by molar-refractivity contribution is 7.89. The molecule has 0 radical (unpaired) electrons. The largest absolute Gasteiger partial charge is 0.496 e. The molecule has 27 heavy (non-hydrogen) atoms. The number of sulfonamides is 1. The van der Waals surface area contributed by atoms with Crippen LogP contribution in [0.5, 0.6) is 5.75 Å². The number of amides is 1. The Labute approximate surface area is 160 Å². The van der Waals surface area contributed by atoms with E-state index < -0.39 is 21.8 Å². The predicted octanol–water partition coefficient (Wildman–Crippen LogP) is 1.93. The molecule has 2 atom stereocenters. The second-order valence-corrected chi connectivity index (χ2v) is 9.63. The van der Waals surface area contributed by atoms with Gasteiger partial charge in [0, 0.05) is 25.9 Å². The molecule has 0 aliphatic carbocycles. The smallest absolute Gasteiger partial charge is 0.243 e. The Hall–Kier alpha value is -1.64. The number of ether oxygens (including phenoxy) is 2. The van der Waals surface area contributed by atoms with Crippen LogP contribution in [-0.4, -0.2) is 62.1 Å². The fraction of sp³-hybridized carbons (Fsp3) is 0.632. The number of benzene rings is 1. The quantitative estimate of drug-likeness (QED) is 0.780. The maximum atomic E-state index is 13.4. The van der Waals surface area contributed by atoms with E-state index in [0.717, 1.165) is 12.0 Å². The SMILES string of the molecule is COc1ccc(S(=O)(=O)N2CC[C@@]34OCCCN3C(=O)C[C@@H]24)cc1C(C)C. The number of hydrogen-bond donors (Lipinski definition) is 0. The lowest BCUT2D eigenvalue weighted by Crippen LogP contribution is -2.56. The minimum Gasteiger partial charge on any atom is -0.496 e. The van der Waals surface area contributed by atoms with Gasteiger partial charge in [-0.2, -0.15) is 4.31 Å². The van der Waals surface area contributed by atoms with Crippen LogP contribution in [0.3, 0.4) is 0 Å². The molecule has 148 valence electrons. The molecule has 0 unspecified atom stereocenters. The molecule has 1 aromatic carbocycles. The van der Waals surface area contributed by atoms with Gasteiger partial charge in [-0.3, -0.25) is 4.79 Å². The van der Waals surface area contributed by atoms with Gasteiger partial charge < -0.3 is 14.4 Å². The van der Waals surface area contributed by atoms with Gasteiger partial charge in [0.25, 0.3) is 0 Å². The second-order valence-electron chi connectivity index (χ2n) is 7.74. The van der Waals surface area contributed by atoms with Crippen LogP contribution in [0.1, 0.15) is 44.6 Å². The van der Waals surface area contributed by atoms with Crippen LogP contribution in [0.25, 0.3) is 0 Å². The van der Waals surface area contributed by atoms with E-state index in [9.17, 15) is 13.2 Å². The van der Waals surface area contributed by atoms with Crippen LogP contribution < -0.4 is 4.74 Å². The first-order valence-electron chi connectivity index (χ1n) is 9.45. The molecule has 0 saturated carbocycles. The normalized spacial score (nSPS) is 28.5. The topological polar surface area (TPSA) is 76.2 Å². The van der Waals surface area contributed by atoms with E-state index in [1.807, 2.05) is 13.8 Å². The molecule has 0 bridgehead atoms. The predicted molar refractivity (Wildman–Crippen MR) is 99.0 cm³/mol. The summed E-state index contributed by atoms with van der Waals surface area (Å²) in [6, 6.07) is 4.53. The second kappa shape index (κ2) is 6.46. The molecule has 3 fully saturated rings. The summed E-state index contributed by atoms with van der Waals surface area (Å²) in [6.45, 7) is 5.57. The summed E-state index contributed by atoms with van der Waals surface area (Å²) >= 11 is 0. The molecule has 3 saturated heterocycles. The number of methoxy groups -OCH3 is 1. The maximum absolute atomic E-state index is 13.4. The lowest BCUT2D eigenvalue weighted by Gasteiger charge is -2.42. The van der Waals surface area contributed by atoms with Crippen LogP contribution in [0, 0.1) is 0 Å². The molecular formula is C19H26N2O5S. The molecule has 8 heteroatoms. The van der Waals surface area contributed by atoms with E-state index in [1.54, 1.807) is 30.2 Å². The van der Waals surface area contributed by atoms with Crippen LogP contribution in [-0.2, 0) is 19.6 Å². The van der Waals surface area contributed by atoms with Crippen molar-refractivity contribution in [2.75, 3.05) is 26.8 Å². The molecule has 1 aromatic rings. The van der Waals surface area contributed by atoms with Crippen molar-refractivity contribution >= 4 is 15.9 Å². The molecule has 3 aliphatic rings. The highest BCUT2D eigenvalue weighted by Gasteiger charge is 2.63. The van der Waals surface area contributed by atoms with Crippen LogP contribution in [0.15, 0.2) is 23.1 Å². The van der Waals surface area contributed by atoms with Crippen molar-refractivity contribution in [3.05, 3.63) is 23.8 Å². The number of rotatable bonds is 4. The summed E-state index contributed by atoms with van der Waals surface area (Å²) in [5.74, 6) is 0.794. The summed E-state index contributed by atoms with van der Waals surface area (Å²) in [4.78, 5) is 14.5.